The number of aromatic nitrogens is 2. The molecule has 1 aliphatic rings. The summed E-state index contributed by atoms with van der Waals surface area (Å²) in [5.74, 6) is 0.0252. The van der Waals surface area contributed by atoms with Crippen molar-refractivity contribution in [2.75, 3.05) is 16.4 Å². The van der Waals surface area contributed by atoms with Crippen molar-refractivity contribution in [3.05, 3.63) is 77.6 Å². The van der Waals surface area contributed by atoms with Crippen LogP contribution in [-0.2, 0) is 4.79 Å². The summed E-state index contributed by atoms with van der Waals surface area (Å²) < 4.78 is 0. The van der Waals surface area contributed by atoms with E-state index in [0.717, 1.165) is 12.0 Å². The number of benzene rings is 2. The van der Waals surface area contributed by atoms with Gasteiger partial charge < -0.3 is 16.4 Å². The highest BCUT2D eigenvalue weighted by Crippen LogP contribution is 2.47. The van der Waals surface area contributed by atoms with Gasteiger partial charge in [-0.05, 0) is 42.5 Å². The molecule has 0 aliphatic heterocycles. The Morgan fingerprint density at radius 1 is 1.00 bits per heavy atom. The van der Waals surface area contributed by atoms with Crippen LogP contribution in [0.4, 0.5) is 17.3 Å². The Kier molecular flexibility index (Phi) is 4.95. The summed E-state index contributed by atoms with van der Waals surface area (Å²) in [5.41, 5.74) is 8.95. The van der Waals surface area contributed by atoms with Gasteiger partial charge in [-0.25, -0.2) is 9.97 Å². The molecule has 29 heavy (non-hydrogen) atoms. The fourth-order valence-corrected chi connectivity index (χ4v) is 3.33. The van der Waals surface area contributed by atoms with Gasteiger partial charge in [0, 0.05) is 17.2 Å². The summed E-state index contributed by atoms with van der Waals surface area (Å²) in [6.45, 7) is 1.84. The van der Waals surface area contributed by atoms with Gasteiger partial charge in [-0.3, -0.25) is 9.59 Å². The van der Waals surface area contributed by atoms with E-state index in [1.165, 1.54) is 18.0 Å². The lowest BCUT2D eigenvalue weighted by Crippen LogP contribution is -2.17. The van der Waals surface area contributed by atoms with E-state index in [1.54, 1.807) is 12.1 Å². The standard InChI is InChI=1S/C22H21N5O2/c1-13-7-8-15(9-17(13)20(28)27-16-11-24-22(23)25-12-16)26-21(29)19-10-18(19)14-5-3-2-4-6-14/h2-9,11-12,18-19H,10H2,1H3,(H,26,29)(H,27,28)(H2,23,24,25). The second-order valence-electron chi connectivity index (χ2n) is 7.16. The van der Waals surface area contributed by atoms with Crippen LogP contribution >= 0.6 is 0 Å². The number of carbonyl (C=O) groups excluding carboxylic acids is 2. The molecule has 3 aromatic rings. The van der Waals surface area contributed by atoms with Crippen LogP contribution < -0.4 is 16.4 Å². The van der Waals surface area contributed by atoms with Crippen LogP contribution in [-0.4, -0.2) is 21.8 Å². The predicted octanol–water partition coefficient (Wildman–Crippen LogP) is 3.36. The van der Waals surface area contributed by atoms with Crippen molar-refractivity contribution in [2.24, 2.45) is 5.92 Å². The number of anilines is 3. The van der Waals surface area contributed by atoms with Gasteiger partial charge >= 0.3 is 0 Å². The maximum atomic E-state index is 12.6. The van der Waals surface area contributed by atoms with Crippen LogP contribution in [0.5, 0.6) is 0 Å². The molecule has 0 bridgehead atoms. The fraction of sp³-hybridized carbons (Fsp3) is 0.182. The molecular weight excluding hydrogens is 366 g/mol. The number of amides is 2. The average Bonchev–Trinajstić information content (AvgIpc) is 3.53. The van der Waals surface area contributed by atoms with Gasteiger partial charge in [-0.2, -0.15) is 0 Å². The van der Waals surface area contributed by atoms with Crippen molar-refractivity contribution in [3.63, 3.8) is 0 Å². The first-order valence-corrected chi connectivity index (χ1v) is 9.36. The van der Waals surface area contributed by atoms with Crippen LogP contribution in [0, 0.1) is 12.8 Å². The third-order valence-electron chi connectivity index (χ3n) is 5.03. The number of nitrogens with zero attached hydrogens (tertiary/aromatic N) is 2. The van der Waals surface area contributed by atoms with E-state index in [2.05, 4.69) is 20.6 Å². The first-order chi connectivity index (χ1) is 14.0. The second kappa shape index (κ2) is 7.71. The molecular formula is C22H21N5O2. The van der Waals surface area contributed by atoms with Crippen molar-refractivity contribution < 1.29 is 9.59 Å². The van der Waals surface area contributed by atoms with Crippen LogP contribution in [0.2, 0.25) is 0 Å². The monoisotopic (exact) mass is 387 g/mol. The number of aryl methyl sites for hydroxylation is 1. The lowest BCUT2D eigenvalue weighted by atomic mass is 10.1. The highest BCUT2D eigenvalue weighted by molar-refractivity contribution is 6.06. The third kappa shape index (κ3) is 4.24. The Labute approximate surface area is 168 Å². The van der Waals surface area contributed by atoms with E-state index < -0.39 is 0 Å². The molecule has 7 heteroatoms. The van der Waals surface area contributed by atoms with Crippen molar-refractivity contribution in [2.45, 2.75) is 19.3 Å². The molecule has 4 N–H and O–H groups in total. The molecule has 2 aromatic carbocycles. The van der Waals surface area contributed by atoms with Crippen LogP contribution in [0.1, 0.15) is 33.8 Å². The molecule has 0 radical (unpaired) electrons. The normalized spacial score (nSPS) is 17.4. The Morgan fingerprint density at radius 3 is 2.45 bits per heavy atom. The molecule has 1 heterocycles. The van der Waals surface area contributed by atoms with E-state index in [0.29, 0.717) is 16.9 Å². The van der Waals surface area contributed by atoms with Crippen LogP contribution in [0.3, 0.4) is 0 Å². The quantitative estimate of drug-likeness (QED) is 0.622. The first kappa shape index (κ1) is 18.6. The second-order valence-corrected chi connectivity index (χ2v) is 7.16. The van der Waals surface area contributed by atoms with Crippen molar-refractivity contribution in [1.29, 1.82) is 0 Å². The number of nitrogens with two attached hydrogens (primary N) is 1. The Bertz CT molecular complexity index is 1050. The highest BCUT2D eigenvalue weighted by Gasteiger charge is 2.43. The van der Waals surface area contributed by atoms with E-state index in [1.807, 2.05) is 43.3 Å². The maximum Gasteiger partial charge on any atom is 0.256 e. The number of hydrogen-bond acceptors (Lipinski definition) is 5. The van der Waals surface area contributed by atoms with Crippen LogP contribution in [0.15, 0.2) is 60.9 Å². The molecule has 1 saturated carbocycles. The largest absolute Gasteiger partial charge is 0.368 e. The lowest BCUT2D eigenvalue weighted by Gasteiger charge is -2.11. The maximum absolute atomic E-state index is 12.6. The van der Waals surface area contributed by atoms with Crippen molar-refractivity contribution in [1.82, 2.24) is 9.97 Å². The zero-order valence-corrected chi connectivity index (χ0v) is 15.9. The average molecular weight is 387 g/mol. The zero-order chi connectivity index (χ0) is 20.4. The minimum atomic E-state index is -0.305. The molecule has 2 unspecified atom stereocenters. The predicted molar refractivity (Wildman–Crippen MR) is 111 cm³/mol. The minimum Gasteiger partial charge on any atom is -0.368 e. The molecule has 146 valence electrons. The van der Waals surface area contributed by atoms with E-state index >= 15 is 0 Å². The summed E-state index contributed by atoms with van der Waals surface area (Å²) in [5, 5.41) is 5.68. The van der Waals surface area contributed by atoms with Crippen LogP contribution in [0.25, 0.3) is 0 Å². The molecule has 2 amide bonds. The molecule has 1 aliphatic carbocycles. The third-order valence-corrected chi connectivity index (χ3v) is 5.03. The molecule has 1 fully saturated rings. The molecule has 7 nitrogen and oxygen atoms in total. The number of carbonyl (C=O) groups is 2. The molecule has 4 rings (SSSR count). The number of hydrogen-bond donors (Lipinski definition) is 3. The van der Waals surface area contributed by atoms with E-state index in [-0.39, 0.29) is 29.6 Å². The SMILES string of the molecule is Cc1ccc(NC(=O)C2CC2c2ccccc2)cc1C(=O)Nc1cnc(N)nc1. The summed E-state index contributed by atoms with van der Waals surface area (Å²) in [6, 6.07) is 15.3. The minimum absolute atomic E-state index is 0.0269. The molecule has 1 aromatic heterocycles. The fourth-order valence-electron chi connectivity index (χ4n) is 3.33. The molecule has 2 atom stereocenters. The van der Waals surface area contributed by atoms with Gasteiger partial charge in [-0.15, -0.1) is 0 Å². The summed E-state index contributed by atoms with van der Waals surface area (Å²) in [7, 11) is 0. The van der Waals surface area contributed by atoms with Gasteiger partial charge in [0.15, 0.2) is 0 Å². The zero-order valence-electron chi connectivity index (χ0n) is 15.9. The smallest absolute Gasteiger partial charge is 0.256 e. The van der Waals surface area contributed by atoms with E-state index in [9.17, 15) is 9.59 Å². The number of rotatable bonds is 5. The molecule has 0 spiro atoms. The van der Waals surface area contributed by atoms with E-state index in [4.69, 9.17) is 5.73 Å². The highest BCUT2D eigenvalue weighted by atomic mass is 16.2. The van der Waals surface area contributed by atoms with Crippen molar-refractivity contribution in [3.8, 4) is 0 Å². The summed E-state index contributed by atoms with van der Waals surface area (Å²) in [4.78, 5) is 33.0. The van der Waals surface area contributed by atoms with Gasteiger partial charge in [-0.1, -0.05) is 36.4 Å². The van der Waals surface area contributed by atoms with Gasteiger partial charge in [0.1, 0.15) is 0 Å². The first-order valence-electron chi connectivity index (χ1n) is 9.36. The Hall–Kier alpha value is -3.74. The number of nitrogens with one attached hydrogen (secondary N) is 2. The van der Waals surface area contributed by atoms with Crippen molar-refractivity contribution >= 4 is 29.1 Å². The van der Waals surface area contributed by atoms with Gasteiger partial charge in [0.05, 0.1) is 18.1 Å². The van der Waals surface area contributed by atoms with Gasteiger partial charge in [0.25, 0.3) is 5.91 Å². The summed E-state index contributed by atoms with van der Waals surface area (Å²) in [6.07, 6.45) is 3.72. The topological polar surface area (TPSA) is 110 Å². The Morgan fingerprint density at radius 2 is 1.72 bits per heavy atom. The van der Waals surface area contributed by atoms with Gasteiger partial charge in [0.2, 0.25) is 11.9 Å². The lowest BCUT2D eigenvalue weighted by molar-refractivity contribution is -0.117. The summed E-state index contributed by atoms with van der Waals surface area (Å²) >= 11 is 0. The number of nitrogen functional groups attached to an aromatic ring is 1. The Balaban J connectivity index is 1.43. The molecule has 0 saturated heterocycles.